The molecule has 3 heteroatoms. The molecule has 1 rings (SSSR count). The van der Waals surface area contributed by atoms with E-state index in [1.54, 1.807) is 0 Å². The monoisotopic (exact) mass is 342 g/mol. The van der Waals surface area contributed by atoms with E-state index in [9.17, 15) is 0 Å². The predicted molar refractivity (Wildman–Crippen MR) is 49.0 cm³/mol. The van der Waals surface area contributed by atoms with Gasteiger partial charge in [0.25, 0.3) is 0 Å². The van der Waals surface area contributed by atoms with Crippen LogP contribution in [0.3, 0.4) is 0 Å². The van der Waals surface area contributed by atoms with Crippen LogP contribution in [-0.2, 0) is 20.4 Å². The van der Waals surface area contributed by atoms with Crippen molar-refractivity contribution in [1.82, 2.24) is 4.90 Å². The molecule has 1 aliphatic rings. The van der Waals surface area contributed by atoms with Gasteiger partial charge in [0.15, 0.2) is 0 Å². The Hall–Kier alpha value is 0.582. The molecule has 0 N–H and O–H groups in total. The topological polar surface area (TPSA) is 17.3 Å². The average Bonchev–Trinajstić information content (AvgIpc) is 1.85. The van der Waals surface area contributed by atoms with Gasteiger partial charge in [-0.25, -0.2) is 0 Å². The predicted octanol–water partition coefficient (Wildman–Crippen LogP) is 1.72. The molecule has 2 nitrogen and oxygen atoms in total. The largest absolute Gasteiger partial charge is 0.660 e. The quantitative estimate of drug-likeness (QED) is 0.710. The molecule has 1 radical (unpaired) electrons. The smallest absolute Gasteiger partial charge is 0.00286 e. The van der Waals surface area contributed by atoms with Crippen molar-refractivity contribution in [2.24, 2.45) is 5.41 Å². The van der Waals surface area contributed by atoms with E-state index in [1.807, 2.05) is 0 Å². The Morgan fingerprint density at radius 3 is 2.08 bits per heavy atom. The van der Waals surface area contributed by atoms with Gasteiger partial charge in [-0.3, -0.25) is 0 Å². The van der Waals surface area contributed by atoms with Crippen molar-refractivity contribution in [3.8, 4) is 0 Å². The second-order valence-corrected chi connectivity index (χ2v) is 4.51. The van der Waals surface area contributed by atoms with Crippen molar-refractivity contribution in [3.05, 3.63) is 5.32 Å². The van der Waals surface area contributed by atoms with Crippen molar-refractivity contribution in [2.45, 2.75) is 20.8 Å². The molecule has 0 unspecified atom stereocenters. The van der Waals surface area contributed by atoms with Crippen LogP contribution >= 0.6 is 0 Å². The number of nitrogens with zero attached hydrogens (tertiary/aromatic N) is 2. The van der Waals surface area contributed by atoms with Crippen LogP contribution in [0.5, 0.6) is 0 Å². The molecule has 0 aromatic rings. The molecule has 73 valence electrons. The maximum atomic E-state index is 4.32. The van der Waals surface area contributed by atoms with E-state index >= 15 is 0 Å². The van der Waals surface area contributed by atoms with Gasteiger partial charge in [0, 0.05) is 27.0 Å². The zero-order valence-corrected chi connectivity index (χ0v) is 11.0. The molecule has 0 atom stereocenters. The molecule has 1 heterocycles. The Balaban J connectivity index is 0.00000121. The third kappa shape index (κ3) is 5.27. The van der Waals surface area contributed by atoms with Gasteiger partial charge >= 0.3 is 0 Å². The van der Waals surface area contributed by atoms with Crippen LogP contribution < -0.4 is 0 Å². The van der Waals surface area contributed by atoms with Crippen molar-refractivity contribution < 1.29 is 20.4 Å². The first-order valence-corrected chi connectivity index (χ1v) is 4.43. The zero-order valence-electron chi connectivity index (χ0n) is 8.31. The number of hydrogen-bond donors (Lipinski definition) is 0. The van der Waals surface area contributed by atoms with Gasteiger partial charge in [-0.2, -0.15) is 0 Å². The summed E-state index contributed by atoms with van der Waals surface area (Å²) in [7, 11) is 0. The molecule has 1 saturated heterocycles. The molecule has 1 fully saturated rings. The van der Waals surface area contributed by atoms with Crippen LogP contribution in [0.4, 0.5) is 0 Å². The van der Waals surface area contributed by atoms with E-state index in [0.717, 1.165) is 26.2 Å². The van der Waals surface area contributed by atoms with Crippen LogP contribution in [-0.4, -0.2) is 37.6 Å². The van der Waals surface area contributed by atoms with Crippen molar-refractivity contribution in [2.75, 3.05) is 32.7 Å². The van der Waals surface area contributed by atoms with Gasteiger partial charge < -0.3 is 10.2 Å². The Labute approximate surface area is 89.7 Å². The number of hydrogen-bond acceptors (Lipinski definition) is 1. The van der Waals surface area contributed by atoms with E-state index < -0.39 is 0 Å². The van der Waals surface area contributed by atoms with Gasteiger partial charge in [-0.15, -0.1) is 13.1 Å². The molecule has 0 aromatic heterocycles. The summed E-state index contributed by atoms with van der Waals surface area (Å²) in [4.78, 5) is 2.51. The summed E-state index contributed by atoms with van der Waals surface area (Å²) in [6.45, 7) is 12.5. The Morgan fingerprint density at radius 1 is 1.17 bits per heavy atom. The second kappa shape index (κ2) is 5.34. The molecule has 0 bridgehead atoms. The van der Waals surface area contributed by atoms with Gasteiger partial charge in [-0.05, 0) is 18.5 Å². The molecular formula is C9H19N2Re-. The summed E-state index contributed by atoms with van der Waals surface area (Å²) in [5.41, 5.74) is 0.442. The van der Waals surface area contributed by atoms with Crippen LogP contribution in [0.1, 0.15) is 20.8 Å². The molecule has 0 amide bonds. The van der Waals surface area contributed by atoms with Crippen LogP contribution in [0, 0.1) is 5.41 Å². The first kappa shape index (κ1) is 12.6. The third-order valence-electron chi connectivity index (χ3n) is 1.85. The fourth-order valence-electron chi connectivity index (χ4n) is 1.48. The Morgan fingerprint density at radius 2 is 1.67 bits per heavy atom. The van der Waals surface area contributed by atoms with Crippen molar-refractivity contribution in [3.63, 3.8) is 0 Å². The Kier molecular flexibility index (Phi) is 5.60. The fraction of sp³-hybridized carbons (Fsp3) is 1.00. The molecule has 1 aliphatic heterocycles. The summed E-state index contributed by atoms with van der Waals surface area (Å²) in [6, 6.07) is 0. The average molecular weight is 341 g/mol. The van der Waals surface area contributed by atoms with Gasteiger partial charge in [-0.1, -0.05) is 20.8 Å². The molecular weight excluding hydrogens is 322 g/mol. The van der Waals surface area contributed by atoms with Gasteiger partial charge in [0.1, 0.15) is 0 Å². The normalized spacial score (nSPS) is 20.2. The summed E-state index contributed by atoms with van der Waals surface area (Å²) < 4.78 is 0. The van der Waals surface area contributed by atoms with Gasteiger partial charge in [0.2, 0.25) is 0 Å². The molecule has 0 aromatic carbocycles. The molecule has 0 aliphatic carbocycles. The maximum absolute atomic E-state index is 4.32. The van der Waals surface area contributed by atoms with Crippen molar-refractivity contribution >= 4 is 0 Å². The van der Waals surface area contributed by atoms with E-state index in [4.69, 9.17) is 0 Å². The van der Waals surface area contributed by atoms with E-state index in [-0.39, 0.29) is 20.4 Å². The minimum atomic E-state index is 0. The Bertz CT molecular complexity index is 114. The second-order valence-electron chi connectivity index (χ2n) is 4.51. The van der Waals surface area contributed by atoms with E-state index in [1.165, 1.54) is 6.54 Å². The zero-order chi connectivity index (χ0) is 8.32. The summed E-state index contributed by atoms with van der Waals surface area (Å²) in [6.07, 6.45) is 0. The van der Waals surface area contributed by atoms with Crippen LogP contribution in [0.15, 0.2) is 0 Å². The van der Waals surface area contributed by atoms with Gasteiger partial charge in [0.05, 0.1) is 0 Å². The number of piperazine rings is 1. The van der Waals surface area contributed by atoms with Crippen molar-refractivity contribution in [1.29, 1.82) is 0 Å². The minimum absolute atomic E-state index is 0. The third-order valence-corrected chi connectivity index (χ3v) is 1.85. The summed E-state index contributed by atoms with van der Waals surface area (Å²) >= 11 is 0. The number of rotatable bonds is 1. The first-order valence-electron chi connectivity index (χ1n) is 4.43. The summed E-state index contributed by atoms with van der Waals surface area (Å²) in [5, 5.41) is 4.32. The standard InChI is InChI=1S/C9H19N2.Re/c1-9(2,3)8-11-6-4-10-5-7-11;/h4-8H2,1-3H3;/q-1;. The minimum Gasteiger partial charge on any atom is -0.660 e. The maximum Gasteiger partial charge on any atom is 0.00286 e. The van der Waals surface area contributed by atoms with E-state index in [0.29, 0.717) is 5.41 Å². The summed E-state index contributed by atoms with van der Waals surface area (Å²) in [5.74, 6) is 0. The van der Waals surface area contributed by atoms with E-state index in [2.05, 4.69) is 31.0 Å². The molecule has 0 saturated carbocycles. The van der Waals surface area contributed by atoms with Crippen LogP contribution in [0.2, 0.25) is 0 Å². The molecule has 0 spiro atoms. The molecule has 12 heavy (non-hydrogen) atoms. The SMILES string of the molecule is CC(C)(C)CN1CC[N-]CC1.[Re]. The fourth-order valence-corrected chi connectivity index (χ4v) is 1.48. The van der Waals surface area contributed by atoms with Crippen LogP contribution in [0.25, 0.3) is 5.32 Å². The first-order chi connectivity index (χ1) is 5.08.